The van der Waals surface area contributed by atoms with Crippen LogP contribution < -0.4 is 0 Å². The summed E-state index contributed by atoms with van der Waals surface area (Å²) in [6.45, 7) is 8.11. The van der Waals surface area contributed by atoms with Crippen molar-refractivity contribution < 1.29 is 4.42 Å². The molecular formula is C43H24N2OS. The molecule has 3 heterocycles. The first kappa shape index (κ1) is 26.1. The average molecular weight is 617 g/mol. The molecule has 0 aliphatic rings. The van der Waals surface area contributed by atoms with Gasteiger partial charge in [-0.25, -0.2) is 4.85 Å². The van der Waals surface area contributed by atoms with E-state index in [0.717, 1.165) is 70.0 Å². The molecule has 3 nitrogen and oxygen atoms in total. The summed E-state index contributed by atoms with van der Waals surface area (Å²) in [6, 6.07) is 51.2. The van der Waals surface area contributed by atoms with Crippen LogP contribution in [0.2, 0.25) is 0 Å². The predicted molar refractivity (Wildman–Crippen MR) is 198 cm³/mol. The van der Waals surface area contributed by atoms with Crippen LogP contribution in [0.3, 0.4) is 0 Å². The van der Waals surface area contributed by atoms with Gasteiger partial charge in [0.2, 0.25) is 5.69 Å². The summed E-state index contributed by atoms with van der Waals surface area (Å²) in [5, 5.41) is 6.91. The number of aromatic nitrogens is 1. The third kappa shape index (κ3) is 3.72. The van der Waals surface area contributed by atoms with Crippen LogP contribution in [0.4, 0.5) is 5.69 Å². The monoisotopic (exact) mass is 616 g/mol. The summed E-state index contributed by atoms with van der Waals surface area (Å²) in [5.74, 6) is 0. The number of hydrogen-bond acceptors (Lipinski definition) is 2. The van der Waals surface area contributed by atoms with Crippen molar-refractivity contribution in [2.75, 3.05) is 0 Å². The maximum absolute atomic E-state index is 8.11. The van der Waals surface area contributed by atoms with Gasteiger partial charge in [-0.3, -0.25) is 0 Å². The zero-order valence-corrected chi connectivity index (χ0v) is 25.9. The number of nitrogens with zero attached hydrogens (tertiary/aromatic N) is 2. The van der Waals surface area contributed by atoms with E-state index in [-0.39, 0.29) is 0 Å². The summed E-state index contributed by atoms with van der Waals surface area (Å²) >= 11 is 1.72. The van der Waals surface area contributed by atoms with Crippen molar-refractivity contribution in [2.24, 2.45) is 0 Å². The normalized spacial score (nSPS) is 11.8. The smallest absolute Gasteiger partial charge is 0.204 e. The molecule has 0 radical (unpaired) electrons. The number of thiophene rings is 1. The lowest BCUT2D eigenvalue weighted by Crippen LogP contribution is -1.94. The summed E-state index contributed by atoms with van der Waals surface area (Å²) in [7, 11) is 0. The molecule has 4 heteroatoms. The number of para-hydroxylation sites is 2. The molecule has 0 spiro atoms. The lowest BCUT2D eigenvalue weighted by molar-refractivity contribution is 0.669. The first-order valence-electron chi connectivity index (χ1n) is 15.6. The van der Waals surface area contributed by atoms with E-state index in [9.17, 15) is 0 Å². The van der Waals surface area contributed by atoms with Gasteiger partial charge in [-0.05, 0) is 58.0 Å². The van der Waals surface area contributed by atoms with Gasteiger partial charge in [0.15, 0.2) is 0 Å². The van der Waals surface area contributed by atoms with Gasteiger partial charge in [-0.15, -0.1) is 11.3 Å². The Balaban J connectivity index is 1.31. The van der Waals surface area contributed by atoms with Crippen LogP contribution in [0.15, 0.2) is 150 Å². The maximum atomic E-state index is 8.11. The van der Waals surface area contributed by atoms with E-state index in [0.29, 0.717) is 5.69 Å². The molecule has 0 bridgehead atoms. The molecule has 218 valence electrons. The highest BCUT2D eigenvalue weighted by Crippen LogP contribution is 2.49. The number of fused-ring (bicyclic) bond motifs is 9. The van der Waals surface area contributed by atoms with E-state index in [1.54, 1.807) is 11.3 Å². The Morgan fingerprint density at radius 1 is 0.511 bits per heavy atom. The number of furan rings is 1. The highest BCUT2D eigenvalue weighted by Gasteiger charge is 2.21. The van der Waals surface area contributed by atoms with Gasteiger partial charge in [-0.1, -0.05) is 115 Å². The van der Waals surface area contributed by atoms with Crippen molar-refractivity contribution in [1.82, 2.24) is 4.57 Å². The Hall–Kier alpha value is -6.15. The van der Waals surface area contributed by atoms with Crippen LogP contribution in [0, 0.1) is 6.57 Å². The second-order valence-electron chi connectivity index (χ2n) is 11.9. The minimum atomic E-state index is 0.675. The van der Waals surface area contributed by atoms with Crippen LogP contribution in [0.1, 0.15) is 0 Å². The number of rotatable bonds is 3. The topological polar surface area (TPSA) is 22.4 Å². The Morgan fingerprint density at radius 3 is 2.13 bits per heavy atom. The van der Waals surface area contributed by atoms with Crippen molar-refractivity contribution in [2.45, 2.75) is 0 Å². The third-order valence-corrected chi connectivity index (χ3v) is 10.7. The SMILES string of the molecule is [C-]#[N+]c1ccc(-c2cccc3oc4ccccc4c23)c2c1sc1c(-n3c4ccccc4c4ccc(-c5ccccc5)cc43)cccc12. The molecule has 0 unspecified atom stereocenters. The van der Waals surface area contributed by atoms with Crippen LogP contribution >= 0.6 is 11.3 Å². The summed E-state index contributed by atoms with van der Waals surface area (Å²) in [6.07, 6.45) is 0. The quantitative estimate of drug-likeness (QED) is 0.181. The lowest BCUT2D eigenvalue weighted by Gasteiger charge is -2.11. The second kappa shape index (κ2) is 9.92. The zero-order valence-electron chi connectivity index (χ0n) is 25.1. The van der Waals surface area contributed by atoms with Crippen LogP contribution in [0.5, 0.6) is 0 Å². The molecule has 0 aliphatic carbocycles. The first-order valence-corrected chi connectivity index (χ1v) is 16.5. The Morgan fingerprint density at radius 2 is 1.23 bits per heavy atom. The molecule has 0 fully saturated rings. The van der Waals surface area contributed by atoms with Crippen LogP contribution in [0.25, 0.3) is 96.7 Å². The zero-order chi connectivity index (χ0) is 31.1. The molecular weight excluding hydrogens is 593 g/mol. The summed E-state index contributed by atoms with van der Waals surface area (Å²) < 4.78 is 10.9. The van der Waals surface area contributed by atoms with Gasteiger partial charge >= 0.3 is 0 Å². The van der Waals surface area contributed by atoms with Gasteiger partial charge < -0.3 is 8.98 Å². The molecule has 3 aromatic heterocycles. The van der Waals surface area contributed by atoms with Crippen LogP contribution in [-0.2, 0) is 0 Å². The van der Waals surface area contributed by atoms with Crippen molar-refractivity contribution >= 4 is 80.9 Å². The third-order valence-electron chi connectivity index (χ3n) is 9.44. The highest BCUT2D eigenvalue weighted by atomic mass is 32.1. The Bertz CT molecular complexity index is 2920. The fraction of sp³-hybridized carbons (Fsp3) is 0. The predicted octanol–water partition coefficient (Wildman–Crippen LogP) is 12.9. The Kier molecular flexibility index (Phi) is 5.51. The minimum Gasteiger partial charge on any atom is -0.456 e. The van der Waals surface area contributed by atoms with E-state index >= 15 is 0 Å². The molecule has 10 rings (SSSR count). The van der Waals surface area contributed by atoms with E-state index in [1.165, 1.54) is 21.9 Å². The second-order valence-corrected chi connectivity index (χ2v) is 13.0. The average Bonchev–Trinajstić information content (AvgIpc) is 3.81. The molecule has 7 aromatic carbocycles. The van der Waals surface area contributed by atoms with Gasteiger partial charge in [0.25, 0.3) is 0 Å². The molecule has 10 aromatic rings. The van der Waals surface area contributed by atoms with Gasteiger partial charge in [0.05, 0.1) is 28.0 Å². The molecule has 0 aliphatic heterocycles. The van der Waals surface area contributed by atoms with Crippen molar-refractivity contribution in [3.05, 3.63) is 157 Å². The van der Waals surface area contributed by atoms with Gasteiger partial charge in [0.1, 0.15) is 11.2 Å². The number of benzene rings is 7. The first-order chi connectivity index (χ1) is 23.3. The Labute approximate surface area is 274 Å². The molecule has 0 N–H and O–H groups in total. The summed E-state index contributed by atoms with van der Waals surface area (Å²) in [5.41, 5.74) is 10.5. The van der Waals surface area contributed by atoms with Crippen LogP contribution in [-0.4, -0.2) is 4.57 Å². The molecule has 0 saturated carbocycles. The number of hydrogen-bond donors (Lipinski definition) is 0. The van der Waals surface area contributed by atoms with E-state index in [2.05, 4.69) is 131 Å². The van der Waals surface area contributed by atoms with E-state index in [4.69, 9.17) is 11.0 Å². The van der Waals surface area contributed by atoms with Crippen molar-refractivity contribution in [3.8, 4) is 27.9 Å². The fourth-order valence-electron chi connectivity index (χ4n) is 7.40. The largest absolute Gasteiger partial charge is 0.456 e. The van der Waals surface area contributed by atoms with Crippen molar-refractivity contribution in [3.63, 3.8) is 0 Å². The molecule has 47 heavy (non-hydrogen) atoms. The fourth-order valence-corrected chi connectivity index (χ4v) is 8.69. The highest BCUT2D eigenvalue weighted by molar-refractivity contribution is 7.27. The molecule has 0 amide bonds. The molecule has 0 atom stereocenters. The summed E-state index contributed by atoms with van der Waals surface area (Å²) in [4.78, 5) is 4.00. The maximum Gasteiger partial charge on any atom is 0.204 e. The minimum absolute atomic E-state index is 0.675. The van der Waals surface area contributed by atoms with Crippen molar-refractivity contribution in [1.29, 1.82) is 0 Å². The van der Waals surface area contributed by atoms with E-state index < -0.39 is 0 Å². The lowest BCUT2D eigenvalue weighted by atomic mass is 9.95. The standard InChI is InChI=1S/C43H24N2OS/c1-44-34-24-23-31(30-15-10-20-39-40(30)32-14-6-8-19-38(32)46-39)41-33-16-9-18-36(42(33)47-43(34)41)45-35-17-7-5-13-28(35)29-22-21-27(25-37(29)45)26-11-3-2-4-12-26/h2-25H. The molecule has 0 saturated heterocycles. The van der Waals surface area contributed by atoms with Gasteiger partial charge in [0, 0.05) is 31.6 Å². The van der Waals surface area contributed by atoms with Gasteiger partial charge in [-0.2, -0.15) is 0 Å². The van der Waals surface area contributed by atoms with E-state index in [1.807, 2.05) is 24.3 Å².